The van der Waals surface area contributed by atoms with E-state index in [1.54, 1.807) is 0 Å². The van der Waals surface area contributed by atoms with Gasteiger partial charge < -0.3 is 10.6 Å². The highest BCUT2D eigenvalue weighted by molar-refractivity contribution is 7.80. The van der Waals surface area contributed by atoms with E-state index in [1.807, 2.05) is 0 Å². The van der Waals surface area contributed by atoms with Crippen molar-refractivity contribution >= 4 is 17.3 Å². The third-order valence-electron chi connectivity index (χ3n) is 2.68. The van der Waals surface area contributed by atoms with E-state index in [0.29, 0.717) is 12.1 Å². The largest absolute Gasteiger partial charge is 0.360 e. The van der Waals surface area contributed by atoms with Gasteiger partial charge in [-0.25, -0.2) is 0 Å². The molecule has 0 saturated heterocycles. The van der Waals surface area contributed by atoms with Gasteiger partial charge in [0, 0.05) is 12.1 Å². The van der Waals surface area contributed by atoms with Crippen molar-refractivity contribution in [2.24, 2.45) is 5.92 Å². The summed E-state index contributed by atoms with van der Waals surface area (Å²) in [6.45, 7) is 2.24. The number of nitrogens with one attached hydrogen (secondary N) is 2. The SMILES string of the molecule is CCC1CC1NC(=S)NC1CC1. The predicted molar refractivity (Wildman–Crippen MR) is 54.1 cm³/mol. The van der Waals surface area contributed by atoms with Gasteiger partial charge in [-0.05, 0) is 37.4 Å². The van der Waals surface area contributed by atoms with Gasteiger partial charge in [0.15, 0.2) is 5.11 Å². The lowest BCUT2D eigenvalue weighted by Crippen LogP contribution is -2.38. The summed E-state index contributed by atoms with van der Waals surface area (Å²) in [4.78, 5) is 0. The highest BCUT2D eigenvalue weighted by Crippen LogP contribution is 2.33. The van der Waals surface area contributed by atoms with Crippen molar-refractivity contribution in [3.8, 4) is 0 Å². The minimum Gasteiger partial charge on any atom is -0.360 e. The fraction of sp³-hybridized carbons (Fsp3) is 0.889. The molecule has 2 unspecified atom stereocenters. The summed E-state index contributed by atoms with van der Waals surface area (Å²) in [5.41, 5.74) is 0. The molecule has 0 aromatic rings. The Balaban J connectivity index is 1.62. The molecule has 68 valence electrons. The van der Waals surface area contributed by atoms with E-state index >= 15 is 0 Å². The minimum atomic E-state index is 0.675. The summed E-state index contributed by atoms with van der Waals surface area (Å²) in [5, 5.41) is 7.51. The summed E-state index contributed by atoms with van der Waals surface area (Å²) in [5.74, 6) is 0.879. The second-order valence-corrected chi connectivity index (χ2v) is 4.31. The fourth-order valence-corrected chi connectivity index (χ4v) is 1.82. The van der Waals surface area contributed by atoms with Crippen LogP contribution in [-0.2, 0) is 0 Å². The maximum absolute atomic E-state index is 5.17. The van der Waals surface area contributed by atoms with E-state index in [2.05, 4.69) is 17.6 Å². The van der Waals surface area contributed by atoms with Gasteiger partial charge in [0.25, 0.3) is 0 Å². The molecule has 0 radical (unpaired) electrons. The van der Waals surface area contributed by atoms with Crippen molar-refractivity contribution in [3.63, 3.8) is 0 Å². The van der Waals surface area contributed by atoms with Gasteiger partial charge in [-0.3, -0.25) is 0 Å². The Labute approximate surface area is 79.1 Å². The maximum atomic E-state index is 5.17. The molecule has 2 nitrogen and oxygen atoms in total. The second kappa shape index (κ2) is 3.21. The van der Waals surface area contributed by atoms with E-state index in [4.69, 9.17) is 12.2 Å². The Morgan fingerprint density at radius 1 is 1.42 bits per heavy atom. The fourth-order valence-electron chi connectivity index (χ4n) is 1.50. The average Bonchev–Trinajstić information content (AvgIpc) is 2.85. The van der Waals surface area contributed by atoms with E-state index in [-0.39, 0.29) is 0 Å². The van der Waals surface area contributed by atoms with Crippen LogP contribution in [0.25, 0.3) is 0 Å². The second-order valence-electron chi connectivity index (χ2n) is 3.90. The first-order valence-electron chi connectivity index (χ1n) is 4.86. The third kappa shape index (κ3) is 2.09. The van der Waals surface area contributed by atoms with E-state index < -0.39 is 0 Å². The van der Waals surface area contributed by atoms with Crippen LogP contribution in [0.5, 0.6) is 0 Å². The summed E-state index contributed by atoms with van der Waals surface area (Å²) < 4.78 is 0. The Hall–Kier alpha value is -0.310. The first-order valence-corrected chi connectivity index (χ1v) is 5.27. The molecule has 0 aromatic carbocycles. The lowest BCUT2D eigenvalue weighted by atomic mass is 10.3. The molecular formula is C9H16N2S. The standard InChI is InChI=1S/C9H16N2S/c1-2-6-5-8(6)11-9(12)10-7-3-4-7/h6-8H,2-5H2,1H3,(H2,10,11,12). The van der Waals surface area contributed by atoms with Crippen LogP contribution in [0, 0.1) is 5.92 Å². The van der Waals surface area contributed by atoms with Gasteiger partial charge in [-0.2, -0.15) is 0 Å². The average molecular weight is 184 g/mol. The quantitative estimate of drug-likeness (QED) is 0.649. The van der Waals surface area contributed by atoms with E-state index in [9.17, 15) is 0 Å². The molecule has 0 spiro atoms. The molecule has 2 atom stereocenters. The van der Waals surface area contributed by atoms with Crippen LogP contribution < -0.4 is 10.6 Å². The van der Waals surface area contributed by atoms with Crippen LogP contribution in [0.4, 0.5) is 0 Å². The zero-order chi connectivity index (χ0) is 8.55. The summed E-state index contributed by atoms with van der Waals surface area (Å²) in [6, 6.07) is 1.36. The first kappa shape index (κ1) is 8.30. The van der Waals surface area contributed by atoms with Gasteiger partial charge in [0.1, 0.15) is 0 Å². The maximum Gasteiger partial charge on any atom is 0.166 e. The molecule has 0 aromatic heterocycles. The highest BCUT2D eigenvalue weighted by Gasteiger charge is 2.36. The van der Waals surface area contributed by atoms with Crippen molar-refractivity contribution < 1.29 is 0 Å². The Kier molecular flexibility index (Phi) is 2.22. The Morgan fingerprint density at radius 3 is 2.67 bits per heavy atom. The molecule has 2 fully saturated rings. The smallest absolute Gasteiger partial charge is 0.166 e. The molecular weight excluding hydrogens is 168 g/mol. The molecule has 0 amide bonds. The van der Waals surface area contributed by atoms with Crippen molar-refractivity contribution in [2.75, 3.05) is 0 Å². The summed E-state index contributed by atoms with van der Waals surface area (Å²) in [6.07, 6.45) is 5.18. The van der Waals surface area contributed by atoms with E-state index in [1.165, 1.54) is 25.7 Å². The molecule has 0 bridgehead atoms. The van der Waals surface area contributed by atoms with Gasteiger partial charge >= 0.3 is 0 Å². The van der Waals surface area contributed by atoms with Gasteiger partial charge in [0.05, 0.1) is 0 Å². The van der Waals surface area contributed by atoms with Crippen molar-refractivity contribution in [2.45, 2.75) is 44.7 Å². The van der Waals surface area contributed by atoms with Crippen LogP contribution in [-0.4, -0.2) is 17.2 Å². The third-order valence-corrected chi connectivity index (χ3v) is 2.91. The normalized spacial score (nSPS) is 32.8. The van der Waals surface area contributed by atoms with Crippen LogP contribution >= 0.6 is 12.2 Å². The predicted octanol–water partition coefficient (Wildman–Crippen LogP) is 1.41. The lowest BCUT2D eigenvalue weighted by Gasteiger charge is -2.08. The molecule has 12 heavy (non-hydrogen) atoms. The molecule has 2 aliphatic carbocycles. The molecule has 2 aliphatic rings. The number of hydrogen-bond donors (Lipinski definition) is 2. The molecule has 2 saturated carbocycles. The molecule has 2 N–H and O–H groups in total. The van der Waals surface area contributed by atoms with Crippen molar-refractivity contribution in [1.82, 2.24) is 10.6 Å². The van der Waals surface area contributed by atoms with Gasteiger partial charge in [-0.15, -0.1) is 0 Å². The molecule has 2 rings (SSSR count). The highest BCUT2D eigenvalue weighted by atomic mass is 32.1. The van der Waals surface area contributed by atoms with Gasteiger partial charge in [-0.1, -0.05) is 13.3 Å². The Bertz CT molecular complexity index is 189. The first-order chi connectivity index (χ1) is 5.79. The molecule has 0 heterocycles. The summed E-state index contributed by atoms with van der Waals surface area (Å²) in [7, 11) is 0. The number of thiocarbonyl (C=S) groups is 1. The molecule has 3 heteroatoms. The molecule has 0 aliphatic heterocycles. The van der Waals surface area contributed by atoms with Crippen LogP contribution in [0.1, 0.15) is 32.6 Å². The van der Waals surface area contributed by atoms with E-state index in [0.717, 1.165) is 11.0 Å². The zero-order valence-electron chi connectivity index (χ0n) is 7.47. The van der Waals surface area contributed by atoms with Crippen LogP contribution in [0.3, 0.4) is 0 Å². The monoisotopic (exact) mass is 184 g/mol. The van der Waals surface area contributed by atoms with Crippen molar-refractivity contribution in [1.29, 1.82) is 0 Å². The van der Waals surface area contributed by atoms with Crippen LogP contribution in [0.15, 0.2) is 0 Å². The summed E-state index contributed by atoms with van der Waals surface area (Å²) >= 11 is 5.17. The number of rotatable bonds is 3. The van der Waals surface area contributed by atoms with Gasteiger partial charge in [0.2, 0.25) is 0 Å². The topological polar surface area (TPSA) is 24.1 Å². The van der Waals surface area contributed by atoms with Crippen LogP contribution in [0.2, 0.25) is 0 Å². The Morgan fingerprint density at radius 2 is 2.17 bits per heavy atom. The lowest BCUT2D eigenvalue weighted by molar-refractivity contribution is 0.712. The van der Waals surface area contributed by atoms with Crippen molar-refractivity contribution in [3.05, 3.63) is 0 Å². The number of hydrogen-bond acceptors (Lipinski definition) is 1. The minimum absolute atomic E-state index is 0.675. The zero-order valence-corrected chi connectivity index (χ0v) is 8.29.